The second-order valence-electron chi connectivity index (χ2n) is 5.54. The van der Waals surface area contributed by atoms with Crippen LogP contribution in [0.25, 0.3) is 0 Å². The Bertz CT molecular complexity index is 731. The summed E-state index contributed by atoms with van der Waals surface area (Å²) < 4.78 is 0. The zero-order valence-electron chi connectivity index (χ0n) is 13.1. The molecule has 0 saturated carbocycles. The number of urea groups is 1. The number of rotatable bonds is 3. The van der Waals surface area contributed by atoms with Gasteiger partial charge in [-0.3, -0.25) is 4.79 Å². The average Bonchev–Trinajstić information content (AvgIpc) is 2.57. The first kappa shape index (κ1) is 16.3. The Morgan fingerprint density at radius 2 is 1.52 bits per heavy atom. The van der Waals surface area contributed by atoms with E-state index in [4.69, 9.17) is 6.42 Å². The smallest absolute Gasteiger partial charge is 0.307 e. The zero-order chi connectivity index (χ0) is 16.9. The second kappa shape index (κ2) is 6.80. The zero-order valence-corrected chi connectivity index (χ0v) is 13.1. The minimum Gasteiger partial charge on any atom is -0.307 e. The van der Waals surface area contributed by atoms with Crippen LogP contribution in [-0.2, 0) is 4.79 Å². The Balaban J connectivity index is 2.36. The first-order chi connectivity index (χ1) is 11.0. The molecule has 1 N–H and O–H groups in total. The van der Waals surface area contributed by atoms with Gasteiger partial charge in [0.05, 0.1) is 5.69 Å². The highest BCUT2D eigenvalue weighted by Gasteiger charge is 2.34. The van der Waals surface area contributed by atoms with Crippen LogP contribution in [0.2, 0.25) is 0 Å². The number of nitrogens with zero attached hydrogens (tertiary/aromatic N) is 1. The molecule has 2 rings (SSSR count). The molecular weight excluding hydrogens is 288 g/mol. The van der Waals surface area contributed by atoms with Gasteiger partial charge in [0, 0.05) is 5.69 Å². The molecule has 0 unspecified atom stereocenters. The van der Waals surface area contributed by atoms with E-state index in [-0.39, 0.29) is 0 Å². The lowest BCUT2D eigenvalue weighted by atomic mass is 9.92. The van der Waals surface area contributed by atoms with Crippen LogP contribution in [0.5, 0.6) is 0 Å². The lowest BCUT2D eigenvalue weighted by Crippen LogP contribution is -2.46. The van der Waals surface area contributed by atoms with Crippen LogP contribution < -0.4 is 10.2 Å². The van der Waals surface area contributed by atoms with Crippen LogP contribution in [0, 0.1) is 17.8 Å². The number of anilines is 2. The van der Waals surface area contributed by atoms with Crippen molar-refractivity contribution in [3.05, 3.63) is 60.7 Å². The van der Waals surface area contributed by atoms with Gasteiger partial charge >= 0.3 is 6.03 Å². The van der Waals surface area contributed by atoms with Gasteiger partial charge in [0.1, 0.15) is 5.41 Å². The Morgan fingerprint density at radius 3 is 2.04 bits per heavy atom. The summed E-state index contributed by atoms with van der Waals surface area (Å²) in [4.78, 5) is 26.5. The molecule has 116 valence electrons. The van der Waals surface area contributed by atoms with E-state index in [1.807, 2.05) is 12.1 Å². The molecule has 0 aliphatic carbocycles. The Hall–Kier alpha value is -3.06. The minimum absolute atomic E-state index is 0.459. The maximum atomic E-state index is 12.8. The van der Waals surface area contributed by atoms with E-state index < -0.39 is 17.4 Å². The van der Waals surface area contributed by atoms with Crippen molar-refractivity contribution in [3.63, 3.8) is 0 Å². The fourth-order valence-corrected chi connectivity index (χ4v) is 1.95. The van der Waals surface area contributed by atoms with Gasteiger partial charge in [-0.05, 0) is 38.1 Å². The first-order valence-corrected chi connectivity index (χ1v) is 7.19. The van der Waals surface area contributed by atoms with Crippen LogP contribution >= 0.6 is 0 Å². The number of hydrogen-bond acceptors (Lipinski definition) is 2. The number of carbonyl (C=O) groups is 2. The normalized spacial score (nSPS) is 10.5. The van der Waals surface area contributed by atoms with Crippen LogP contribution in [0.1, 0.15) is 13.8 Å². The van der Waals surface area contributed by atoms with E-state index in [1.165, 1.54) is 0 Å². The van der Waals surface area contributed by atoms with Crippen LogP contribution in [-0.4, -0.2) is 11.9 Å². The van der Waals surface area contributed by atoms with Gasteiger partial charge in [-0.1, -0.05) is 42.3 Å². The highest BCUT2D eigenvalue weighted by molar-refractivity contribution is 6.20. The largest absolute Gasteiger partial charge is 0.333 e. The van der Waals surface area contributed by atoms with Gasteiger partial charge < -0.3 is 5.32 Å². The third-order valence-corrected chi connectivity index (χ3v) is 3.34. The van der Waals surface area contributed by atoms with Gasteiger partial charge in [-0.2, -0.15) is 0 Å². The summed E-state index contributed by atoms with van der Waals surface area (Å²) in [5.74, 6) is 1.98. The van der Waals surface area contributed by atoms with E-state index in [2.05, 4.69) is 11.2 Å². The Kier molecular flexibility index (Phi) is 4.82. The molecule has 0 saturated heterocycles. The number of hydrogen-bond donors (Lipinski definition) is 1. The predicted molar refractivity (Wildman–Crippen MR) is 92.0 cm³/mol. The fourth-order valence-electron chi connectivity index (χ4n) is 1.95. The topological polar surface area (TPSA) is 49.4 Å². The molecule has 0 aliphatic rings. The molecule has 4 nitrogen and oxygen atoms in total. The van der Waals surface area contributed by atoms with E-state index in [1.54, 1.807) is 62.4 Å². The van der Waals surface area contributed by atoms with E-state index >= 15 is 0 Å². The van der Waals surface area contributed by atoms with Gasteiger partial charge in [0.15, 0.2) is 0 Å². The molecule has 0 fully saturated rings. The van der Waals surface area contributed by atoms with Gasteiger partial charge in [0.2, 0.25) is 0 Å². The van der Waals surface area contributed by atoms with Crippen molar-refractivity contribution >= 4 is 23.3 Å². The summed E-state index contributed by atoms with van der Waals surface area (Å²) in [5.41, 5.74) is -0.0249. The molecule has 23 heavy (non-hydrogen) atoms. The molecule has 0 aromatic heterocycles. The summed E-state index contributed by atoms with van der Waals surface area (Å²) in [6.07, 6.45) is 5.45. The van der Waals surface area contributed by atoms with E-state index in [9.17, 15) is 9.59 Å². The van der Waals surface area contributed by atoms with Crippen molar-refractivity contribution in [2.45, 2.75) is 13.8 Å². The molecule has 0 atom stereocenters. The molecule has 0 heterocycles. The predicted octanol–water partition coefficient (Wildman–Crippen LogP) is 3.91. The third-order valence-electron chi connectivity index (χ3n) is 3.34. The SMILES string of the molecule is C#CC(C)(C)C(=O)N(C(=O)Nc1ccccc1)c1ccccc1. The first-order valence-electron chi connectivity index (χ1n) is 7.19. The van der Waals surface area contributed by atoms with Gasteiger partial charge in [-0.25, -0.2) is 9.69 Å². The van der Waals surface area contributed by atoms with Crippen molar-refractivity contribution in [2.24, 2.45) is 5.41 Å². The van der Waals surface area contributed by atoms with Crippen molar-refractivity contribution in [1.82, 2.24) is 0 Å². The van der Waals surface area contributed by atoms with Crippen molar-refractivity contribution in [2.75, 3.05) is 10.2 Å². The van der Waals surface area contributed by atoms with Crippen molar-refractivity contribution in [1.29, 1.82) is 0 Å². The van der Waals surface area contributed by atoms with E-state index in [0.717, 1.165) is 4.90 Å². The highest BCUT2D eigenvalue weighted by atomic mass is 16.2. The summed E-state index contributed by atoms with van der Waals surface area (Å²) in [7, 11) is 0. The lowest BCUT2D eigenvalue weighted by Gasteiger charge is -2.27. The molecular formula is C19H18N2O2. The number of terminal acetylenes is 1. The summed E-state index contributed by atoms with van der Waals surface area (Å²) in [5, 5.41) is 2.72. The number of nitrogens with one attached hydrogen (secondary N) is 1. The maximum absolute atomic E-state index is 12.8. The monoisotopic (exact) mass is 306 g/mol. The minimum atomic E-state index is -1.09. The molecule has 2 aromatic rings. The summed E-state index contributed by atoms with van der Waals surface area (Å²) >= 11 is 0. The molecule has 0 bridgehead atoms. The second-order valence-corrected chi connectivity index (χ2v) is 5.54. The molecule has 0 aliphatic heterocycles. The highest BCUT2D eigenvalue weighted by Crippen LogP contribution is 2.24. The lowest BCUT2D eigenvalue weighted by molar-refractivity contribution is -0.123. The van der Waals surface area contributed by atoms with Crippen molar-refractivity contribution < 1.29 is 9.59 Å². The molecule has 2 aromatic carbocycles. The molecule has 4 heteroatoms. The quantitative estimate of drug-likeness (QED) is 0.874. The fraction of sp³-hybridized carbons (Fsp3) is 0.158. The Morgan fingerprint density at radius 1 is 1.00 bits per heavy atom. The van der Waals surface area contributed by atoms with Gasteiger partial charge in [0.25, 0.3) is 5.91 Å². The third kappa shape index (κ3) is 3.78. The average molecular weight is 306 g/mol. The van der Waals surface area contributed by atoms with Crippen molar-refractivity contribution in [3.8, 4) is 12.3 Å². The van der Waals surface area contributed by atoms with Crippen LogP contribution in [0.4, 0.5) is 16.2 Å². The van der Waals surface area contributed by atoms with E-state index in [0.29, 0.717) is 11.4 Å². The summed E-state index contributed by atoms with van der Waals surface area (Å²) in [6, 6.07) is 17.1. The van der Waals surface area contributed by atoms with Gasteiger partial charge in [-0.15, -0.1) is 6.42 Å². The number of imide groups is 1. The van der Waals surface area contributed by atoms with Crippen LogP contribution in [0.3, 0.4) is 0 Å². The molecule has 0 radical (unpaired) electrons. The maximum Gasteiger partial charge on any atom is 0.333 e. The Labute approximate surface area is 136 Å². The van der Waals surface area contributed by atoms with Crippen LogP contribution in [0.15, 0.2) is 60.7 Å². The number of amides is 3. The number of para-hydroxylation sites is 2. The summed E-state index contributed by atoms with van der Waals surface area (Å²) in [6.45, 7) is 3.22. The molecule has 3 amide bonds. The molecule has 0 spiro atoms. The standard InChI is InChI=1S/C19H18N2O2/c1-4-19(2,3)17(22)21(16-13-9-6-10-14-16)18(23)20-15-11-7-5-8-12-15/h1,5-14H,2-3H3,(H,20,23). The number of benzene rings is 2. The number of carbonyl (C=O) groups excluding carboxylic acids is 2.